The first-order chi connectivity index (χ1) is 7.70. The Bertz CT molecular complexity index is 340. The molecule has 2 atom stereocenters. The molecule has 0 amide bonds. The van der Waals surface area contributed by atoms with Gasteiger partial charge < -0.3 is 5.32 Å². The average Bonchev–Trinajstić information content (AvgIpc) is 2.87. The normalized spacial score (nSPS) is 25.2. The lowest BCUT2D eigenvalue weighted by atomic mass is 10.1. The second-order valence-corrected chi connectivity index (χ2v) is 5.77. The molecule has 0 spiro atoms. The number of halogens is 1. The number of alkyl halides is 1. The Labute approximate surface area is 106 Å². The van der Waals surface area contributed by atoms with Gasteiger partial charge in [0.15, 0.2) is 0 Å². The smallest absolute Gasteiger partial charge is 0.202 e. The van der Waals surface area contributed by atoms with Gasteiger partial charge in [-0.25, -0.2) is 4.98 Å². The van der Waals surface area contributed by atoms with Crippen molar-refractivity contribution in [3.05, 3.63) is 5.82 Å². The molecule has 1 fully saturated rings. The van der Waals surface area contributed by atoms with E-state index < -0.39 is 0 Å². The molecule has 1 saturated carbocycles. The first-order valence-electron chi connectivity index (χ1n) is 5.86. The van der Waals surface area contributed by atoms with E-state index in [0.29, 0.717) is 17.9 Å². The summed E-state index contributed by atoms with van der Waals surface area (Å²) in [5.41, 5.74) is 0. The molecule has 90 valence electrons. The molecule has 1 aromatic heterocycles. The lowest BCUT2D eigenvalue weighted by Gasteiger charge is -2.17. The molecule has 1 aliphatic carbocycles. The molecule has 0 bridgehead atoms. The van der Waals surface area contributed by atoms with Gasteiger partial charge in [-0.1, -0.05) is 20.3 Å². The fourth-order valence-corrected chi connectivity index (χ4v) is 3.24. The highest BCUT2D eigenvalue weighted by Gasteiger charge is 2.27. The van der Waals surface area contributed by atoms with Crippen LogP contribution in [-0.2, 0) is 0 Å². The van der Waals surface area contributed by atoms with Crippen LogP contribution in [0.5, 0.6) is 0 Å². The first-order valence-corrected chi connectivity index (χ1v) is 7.17. The van der Waals surface area contributed by atoms with Crippen LogP contribution in [0.25, 0.3) is 0 Å². The highest BCUT2D eigenvalue weighted by molar-refractivity contribution is 7.09. The van der Waals surface area contributed by atoms with Gasteiger partial charge in [-0.15, -0.1) is 11.6 Å². The van der Waals surface area contributed by atoms with E-state index in [4.69, 9.17) is 11.6 Å². The maximum atomic E-state index is 5.95. The summed E-state index contributed by atoms with van der Waals surface area (Å²) < 4.78 is 4.34. The van der Waals surface area contributed by atoms with Gasteiger partial charge in [-0.05, 0) is 18.8 Å². The number of hydrogen-bond donors (Lipinski definition) is 1. The molecule has 1 aromatic rings. The second kappa shape index (κ2) is 5.32. The average molecular weight is 260 g/mol. The van der Waals surface area contributed by atoms with Crippen molar-refractivity contribution in [1.29, 1.82) is 0 Å². The zero-order valence-corrected chi connectivity index (χ0v) is 11.3. The monoisotopic (exact) mass is 259 g/mol. The summed E-state index contributed by atoms with van der Waals surface area (Å²) in [7, 11) is 0. The lowest BCUT2D eigenvalue weighted by molar-refractivity contribution is 0.562. The molecule has 16 heavy (non-hydrogen) atoms. The maximum Gasteiger partial charge on any atom is 0.202 e. The van der Waals surface area contributed by atoms with Crippen molar-refractivity contribution >= 4 is 28.3 Å². The lowest BCUT2D eigenvalue weighted by Crippen LogP contribution is -2.24. The van der Waals surface area contributed by atoms with Gasteiger partial charge in [0.2, 0.25) is 5.13 Å². The number of rotatable bonds is 4. The molecule has 1 aliphatic rings. The molecule has 1 N–H and O–H groups in total. The van der Waals surface area contributed by atoms with Gasteiger partial charge in [0, 0.05) is 29.4 Å². The molecular formula is C11H18ClN3S. The fourth-order valence-electron chi connectivity index (χ4n) is 2.10. The van der Waals surface area contributed by atoms with Crippen LogP contribution in [0.1, 0.15) is 44.9 Å². The summed E-state index contributed by atoms with van der Waals surface area (Å²) in [6.45, 7) is 4.23. The van der Waals surface area contributed by atoms with Crippen LogP contribution in [0.15, 0.2) is 0 Å². The third-order valence-corrected chi connectivity index (χ3v) is 4.18. The Kier molecular flexibility index (Phi) is 4.03. The number of aromatic nitrogens is 2. The molecule has 3 nitrogen and oxygen atoms in total. The van der Waals surface area contributed by atoms with Crippen LogP contribution in [0.3, 0.4) is 0 Å². The van der Waals surface area contributed by atoms with Crippen LogP contribution in [0.4, 0.5) is 5.13 Å². The minimum atomic E-state index is 0.402. The quantitative estimate of drug-likeness (QED) is 0.842. The van der Waals surface area contributed by atoms with E-state index in [-0.39, 0.29) is 0 Å². The van der Waals surface area contributed by atoms with Crippen LogP contribution in [-0.4, -0.2) is 21.3 Å². The molecular weight excluding hydrogens is 242 g/mol. The third-order valence-electron chi connectivity index (χ3n) is 3.12. The standard InChI is InChI=1S/C11H18ClN3S/c1-7(2)10-14-11(16-15-10)13-9-5-3-4-8(9)6-12/h7-9H,3-6H2,1-2H3,(H,13,14,15). The number of anilines is 1. The molecule has 0 aromatic carbocycles. The highest BCUT2D eigenvalue weighted by atomic mass is 35.5. The van der Waals surface area contributed by atoms with Crippen molar-refractivity contribution in [1.82, 2.24) is 9.36 Å². The Hall–Kier alpha value is -0.350. The summed E-state index contributed by atoms with van der Waals surface area (Å²) >= 11 is 7.41. The SMILES string of the molecule is CC(C)c1nsc(NC2CCCC2CCl)n1. The number of nitrogens with one attached hydrogen (secondary N) is 1. The minimum Gasteiger partial charge on any atom is -0.357 e. The molecule has 2 unspecified atom stereocenters. The van der Waals surface area contributed by atoms with Crippen molar-refractivity contribution in [2.45, 2.75) is 45.1 Å². The van der Waals surface area contributed by atoms with Crippen molar-refractivity contribution < 1.29 is 0 Å². The Morgan fingerprint density at radius 2 is 2.31 bits per heavy atom. The van der Waals surface area contributed by atoms with Gasteiger partial charge >= 0.3 is 0 Å². The van der Waals surface area contributed by atoms with Crippen molar-refractivity contribution in [3.8, 4) is 0 Å². The van der Waals surface area contributed by atoms with Gasteiger partial charge in [0.25, 0.3) is 0 Å². The number of nitrogens with zero attached hydrogens (tertiary/aromatic N) is 2. The van der Waals surface area contributed by atoms with Gasteiger partial charge in [0.05, 0.1) is 0 Å². The van der Waals surface area contributed by atoms with Crippen molar-refractivity contribution in [3.63, 3.8) is 0 Å². The predicted octanol–water partition coefficient (Wildman–Crippen LogP) is 3.48. The molecule has 1 heterocycles. The molecule has 5 heteroatoms. The summed E-state index contributed by atoms with van der Waals surface area (Å²) in [4.78, 5) is 4.50. The van der Waals surface area contributed by atoms with Crippen molar-refractivity contribution in [2.24, 2.45) is 5.92 Å². The summed E-state index contributed by atoms with van der Waals surface area (Å²) in [5.74, 6) is 2.67. The van der Waals surface area contributed by atoms with E-state index in [9.17, 15) is 0 Å². The largest absolute Gasteiger partial charge is 0.357 e. The highest BCUT2D eigenvalue weighted by Crippen LogP contribution is 2.30. The van der Waals surface area contributed by atoms with Crippen LogP contribution < -0.4 is 5.32 Å². The summed E-state index contributed by atoms with van der Waals surface area (Å²) in [6.07, 6.45) is 3.70. The van der Waals surface area contributed by atoms with E-state index in [1.54, 1.807) is 0 Å². The second-order valence-electron chi connectivity index (χ2n) is 4.71. The first kappa shape index (κ1) is 12.1. The third kappa shape index (κ3) is 2.66. The summed E-state index contributed by atoms with van der Waals surface area (Å²) in [6, 6.07) is 0.491. The van der Waals surface area contributed by atoms with E-state index in [1.807, 2.05) is 0 Å². The van der Waals surface area contributed by atoms with E-state index in [2.05, 4.69) is 28.5 Å². The maximum absolute atomic E-state index is 5.95. The predicted molar refractivity (Wildman–Crippen MR) is 69.5 cm³/mol. The molecule has 0 saturated heterocycles. The van der Waals surface area contributed by atoms with Crippen LogP contribution in [0.2, 0.25) is 0 Å². The zero-order valence-electron chi connectivity index (χ0n) is 9.74. The topological polar surface area (TPSA) is 37.8 Å². The van der Waals surface area contributed by atoms with Gasteiger partial charge in [0.1, 0.15) is 5.82 Å². The zero-order chi connectivity index (χ0) is 11.5. The van der Waals surface area contributed by atoms with E-state index in [0.717, 1.165) is 16.8 Å². The molecule has 0 aliphatic heterocycles. The fraction of sp³-hybridized carbons (Fsp3) is 0.818. The van der Waals surface area contributed by atoms with E-state index in [1.165, 1.54) is 30.8 Å². The number of hydrogen-bond acceptors (Lipinski definition) is 4. The molecule has 2 rings (SSSR count). The van der Waals surface area contributed by atoms with Crippen LogP contribution in [0, 0.1) is 5.92 Å². The van der Waals surface area contributed by atoms with Crippen LogP contribution >= 0.6 is 23.1 Å². The Balaban J connectivity index is 1.97. The minimum absolute atomic E-state index is 0.402. The summed E-state index contributed by atoms with van der Waals surface area (Å²) in [5, 5.41) is 4.43. The molecule has 0 radical (unpaired) electrons. The van der Waals surface area contributed by atoms with Gasteiger partial charge in [-0.3, -0.25) is 0 Å². The van der Waals surface area contributed by atoms with E-state index >= 15 is 0 Å². The Morgan fingerprint density at radius 3 is 2.94 bits per heavy atom. The Morgan fingerprint density at radius 1 is 1.50 bits per heavy atom. The van der Waals surface area contributed by atoms with Crippen molar-refractivity contribution in [2.75, 3.05) is 11.2 Å². The van der Waals surface area contributed by atoms with Gasteiger partial charge in [-0.2, -0.15) is 4.37 Å².